The lowest BCUT2D eigenvalue weighted by Gasteiger charge is -2.11. The number of aromatic nitrogens is 2. The van der Waals surface area contributed by atoms with Crippen molar-refractivity contribution >= 4 is 16.8 Å². The Morgan fingerprint density at radius 2 is 1.76 bits per heavy atom. The third-order valence-corrected chi connectivity index (χ3v) is 4.97. The number of amides is 1. The second-order valence-electron chi connectivity index (χ2n) is 7.03. The van der Waals surface area contributed by atoms with Crippen LogP contribution >= 0.6 is 0 Å². The SMILES string of the molecule is COc1cc(OC)c2cc(C(=O)NCc3ccnc(Oc4ccc(F)cc4)c3)[nH]c2c1OC. The highest BCUT2D eigenvalue weighted by molar-refractivity contribution is 6.02. The molecule has 0 fully saturated rings. The smallest absolute Gasteiger partial charge is 0.268 e. The summed E-state index contributed by atoms with van der Waals surface area (Å²) < 4.78 is 34.9. The number of rotatable bonds is 8. The van der Waals surface area contributed by atoms with Crippen molar-refractivity contribution in [3.05, 3.63) is 71.8 Å². The van der Waals surface area contributed by atoms with E-state index >= 15 is 0 Å². The molecule has 0 radical (unpaired) electrons. The van der Waals surface area contributed by atoms with Gasteiger partial charge < -0.3 is 29.2 Å². The number of methoxy groups -OCH3 is 3. The molecule has 0 aliphatic carbocycles. The van der Waals surface area contributed by atoms with Gasteiger partial charge in [-0.15, -0.1) is 0 Å². The number of benzene rings is 2. The molecule has 170 valence electrons. The molecular formula is C24H22FN3O5. The summed E-state index contributed by atoms with van der Waals surface area (Å²) in [4.78, 5) is 20.0. The van der Waals surface area contributed by atoms with Gasteiger partial charge in [0, 0.05) is 30.3 Å². The first-order valence-corrected chi connectivity index (χ1v) is 10.0. The molecule has 8 nitrogen and oxygen atoms in total. The van der Waals surface area contributed by atoms with E-state index in [4.69, 9.17) is 18.9 Å². The molecule has 0 atom stereocenters. The molecule has 2 aromatic heterocycles. The van der Waals surface area contributed by atoms with Crippen LogP contribution in [0, 0.1) is 5.82 Å². The number of pyridine rings is 1. The van der Waals surface area contributed by atoms with Crippen LogP contribution in [0.4, 0.5) is 4.39 Å². The van der Waals surface area contributed by atoms with E-state index in [9.17, 15) is 9.18 Å². The van der Waals surface area contributed by atoms with Crippen LogP contribution in [0.5, 0.6) is 28.9 Å². The zero-order valence-corrected chi connectivity index (χ0v) is 18.3. The Morgan fingerprint density at radius 1 is 1.00 bits per heavy atom. The summed E-state index contributed by atoms with van der Waals surface area (Å²) in [5.74, 6) is 1.64. The van der Waals surface area contributed by atoms with E-state index in [2.05, 4.69) is 15.3 Å². The summed E-state index contributed by atoms with van der Waals surface area (Å²) in [7, 11) is 4.60. The lowest BCUT2D eigenvalue weighted by Crippen LogP contribution is -2.23. The van der Waals surface area contributed by atoms with Crippen LogP contribution in [-0.2, 0) is 6.54 Å². The van der Waals surface area contributed by atoms with Gasteiger partial charge in [0.25, 0.3) is 5.91 Å². The van der Waals surface area contributed by atoms with E-state index in [1.807, 2.05) is 0 Å². The molecule has 2 N–H and O–H groups in total. The van der Waals surface area contributed by atoms with Crippen LogP contribution in [0.3, 0.4) is 0 Å². The lowest BCUT2D eigenvalue weighted by molar-refractivity contribution is 0.0946. The molecule has 2 heterocycles. The lowest BCUT2D eigenvalue weighted by atomic mass is 10.2. The summed E-state index contributed by atoms with van der Waals surface area (Å²) in [5, 5.41) is 3.56. The molecule has 1 amide bonds. The van der Waals surface area contributed by atoms with Gasteiger partial charge in [-0.2, -0.15) is 0 Å². The van der Waals surface area contributed by atoms with Gasteiger partial charge in [0.05, 0.1) is 26.8 Å². The zero-order chi connectivity index (χ0) is 23.4. The highest BCUT2D eigenvalue weighted by Crippen LogP contribution is 2.41. The maximum Gasteiger partial charge on any atom is 0.268 e. The summed E-state index contributed by atoms with van der Waals surface area (Å²) in [6.07, 6.45) is 1.57. The number of ether oxygens (including phenoxy) is 4. The number of hydrogen-bond donors (Lipinski definition) is 2. The van der Waals surface area contributed by atoms with Gasteiger partial charge in [-0.3, -0.25) is 4.79 Å². The minimum atomic E-state index is -0.350. The first-order chi connectivity index (χ1) is 16.0. The largest absolute Gasteiger partial charge is 0.496 e. The molecule has 0 saturated heterocycles. The fraction of sp³-hybridized carbons (Fsp3) is 0.167. The molecule has 0 saturated carbocycles. The van der Waals surface area contributed by atoms with Gasteiger partial charge >= 0.3 is 0 Å². The molecule has 0 bridgehead atoms. The van der Waals surface area contributed by atoms with Crippen LogP contribution in [0.2, 0.25) is 0 Å². The third-order valence-electron chi connectivity index (χ3n) is 4.97. The standard InChI is InChI=1S/C24H22FN3O5/c1-30-19-12-20(31-2)23(32-3)22-17(19)11-18(28-22)24(29)27-13-14-8-9-26-21(10-14)33-16-6-4-15(25)5-7-16/h4-12,28H,13H2,1-3H3,(H,27,29). The monoisotopic (exact) mass is 451 g/mol. The number of carbonyl (C=O) groups is 1. The van der Waals surface area contributed by atoms with Gasteiger partial charge in [0.15, 0.2) is 11.5 Å². The maximum atomic E-state index is 13.1. The van der Waals surface area contributed by atoms with Crippen molar-refractivity contribution in [1.82, 2.24) is 15.3 Å². The Morgan fingerprint density at radius 3 is 2.45 bits per heavy atom. The maximum absolute atomic E-state index is 13.1. The number of nitrogens with zero attached hydrogens (tertiary/aromatic N) is 1. The van der Waals surface area contributed by atoms with Crippen molar-refractivity contribution in [2.45, 2.75) is 6.54 Å². The Kier molecular flexibility index (Phi) is 6.30. The summed E-state index contributed by atoms with van der Waals surface area (Å²) in [6.45, 7) is 0.244. The fourth-order valence-corrected chi connectivity index (χ4v) is 3.38. The Hall–Kier alpha value is -4.27. The molecule has 4 rings (SSSR count). The number of aromatic amines is 1. The van der Waals surface area contributed by atoms with Gasteiger partial charge in [-0.1, -0.05) is 0 Å². The molecule has 2 aromatic carbocycles. The van der Waals surface area contributed by atoms with Gasteiger partial charge in [-0.05, 0) is 42.0 Å². The van der Waals surface area contributed by atoms with E-state index in [0.717, 1.165) is 5.56 Å². The third kappa shape index (κ3) is 4.67. The van der Waals surface area contributed by atoms with Crippen molar-refractivity contribution in [3.8, 4) is 28.9 Å². The average molecular weight is 451 g/mol. The van der Waals surface area contributed by atoms with Crippen molar-refractivity contribution < 1.29 is 28.1 Å². The molecular weight excluding hydrogens is 429 g/mol. The number of carbonyl (C=O) groups excluding carboxylic acids is 1. The Balaban J connectivity index is 1.50. The highest BCUT2D eigenvalue weighted by atomic mass is 19.1. The number of nitrogens with one attached hydrogen (secondary N) is 2. The van der Waals surface area contributed by atoms with E-state index in [1.165, 1.54) is 38.5 Å². The molecule has 33 heavy (non-hydrogen) atoms. The van der Waals surface area contributed by atoms with Gasteiger partial charge in [-0.25, -0.2) is 9.37 Å². The van der Waals surface area contributed by atoms with Crippen LogP contribution < -0.4 is 24.3 Å². The van der Waals surface area contributed by atoms with E-state index in [0.29, 0.717) is 45.5 Å². The van der Waals surface area contributed by atoms with Crippen LogP contribution in [0.15, 0.2) is 54.7 Å². The molecule has 0 aliphatic rings. The van der Waals surface area contributed by atoms with E-state index in [-0.39, 0.29) is 18.3 Å². The average Bonchev–Trinajstić information content (AvgIpc) is 3.28. The first-order valence-electron chi connectivity index (χ1n) is 10.0. The van der Waals surface area contributed by atoms with Crippen LogP contribution in [-0.4, -0.2) is 37.2 Å². The van der Waals surface area contributed by atoms with Crippen LogP contribution in [0.1, 0.15) is 16.1 Å². The number of hydrogen-bond acceptors (Lipinski definition) is 6. The summed E-state index contributed by atoms with van der Waals surface area (Å²) in [5.41, 5.74) is 1.72. The van der Waals surface area contributed by atoms with Crippen LogP contribution in [0.25, 0.3) is 10.9 Å². The topological polar surface area (TPSA) is 94.7 Å². The normalized spacial score (nSPS) is 10.7. The number of fused-ring (bicyclic) bond motifs is 1. The van der Waals surface area contributed by atoms with E-state index < -0.39 is 0 Å². The second kappa shape index (κ2) is 9.47. The predicted octanol–water partition coefficient (Wildman–Crippen LogP) is 4.45. The predicted molar refractivity (Wildman–Crippen MR) is 120 cm³/mol. The summed E-state index contributed by atoms with van der Waals surface area (Å²) >= 11 is 0. The molecule has 4 aromatic rings. The van der Waals surface area contributed by atoms with Crippen molar-refractivity contribution in [1.29, 1.82) is 0 Å². The molecule has 9 heteroatoms. The Labute approximate surface area is 189 Å². The van der Waals surface area contributed by atoms with Crippen molar-refractivity contribution in [2.75, 3.05) is 21.3 Å². The van der Waals surface area contributed by atoms with Crippen molar-refractivity contribution in [3.63, 3.8) is 0 Å². The second-order valence-corrected chi connectivity index (χ2v) is 7.03. The first kappa shape index (κ1) is 21.9. The fourth-order valence-electron chi connectivity index (χ4n) is 3.38. The van der Waals surface area contributed by atoms with Gasteiger partial charge in [0.1, 0.15) is 23.0 Å². The number of H-pyrrole nitrogens is 1. The zero-order valence-electron chi connectivity index (χ0n) is 18.3. The molecule has 0 spiro atoms. The minimum Gasteiger partial charge on any atom is -0.496 e. The number of halogens is 1. The molecule has 0 aliphatic heterocycles. The highest BCUT2D eigenvalue weighted by Gasteiger charge is 2.19. The quantitative estimate of drug-likeness (QED) is 0.411. The van der Waals surface area contributed by atoms with Gasteiger partial charge in [0.2, 0.25) is 5.88 Å². The minimum absolute atomic E-state index is 0.244. The summed E-state index contributed by atoms with van der Waals surface area (Å²) in [6, 6.07) is 12.5. The van der Waals surface area contributed by atoms with E-state index in [1.54, 1.807) is 37.6 Å². The Bertz CT molecular complexity index is 1290. The van der Waals surface area contributed by atoms with Crippen molar-refractivity contribution in [2.24, 2.45) is 0 Å². The molecule has 0 unspecified atom stereocenters.